The molecule has 4 amide bonds. The van der Waals surface area contributed by atoms with Gasteiger partial charge in [0.25, 0.3) is 5.91 Å². The maximum atomic E-state index is 12.7. The Balaban J connectivity index is 1.31. The number of hydrogen-bond acceptors (Lipinski definition) is 5. The molecule has 0 aliphatic carbocycles. The van der Waals surface area contributed by atoms with Crippen molar-refractivity contribution >= 4 is 23.7 Å². The van der Waals surface area contributed by atoms with Crippen molar-refractivity contribution in [3.05, 3.63) is 60.3 Å². The molecule has 1 aromatic carbocycles. The lowest BCUT2D eigenvalue weighted by atomic mass is 10.1. The van der Waals surface area contributed by atoms with E-state index in [4.69, 9.17) is 0 Å². The predicted octanol–water partition coefficient (Wildman–Crippen LogP) is 1.24. The molecule has 2 aliphatic rings. The molecule has 0 saturated carbocycles. The van der Waals surface area contributed by atoms with Crippen LogP contribution in [0.1, 0.15) is 12.0 Å². The Morgan fingerprint density at radius 1 is 1.00 bits per heavy atom. The zero-order valence-corrected chi connectivity index (χ0v) is 16.0. The van der Waals surface area contributed by atoms with E-state index in [9.17, 15) is 14.4 Å². The summed E-state index contributed by atoms with van der Waals surface area (Å²) in [5.41, 5.74) is 0.869. The van der Waals surface area contributed by atoms with Crippen LogP contribution in [0.5, 0.6) is 0 Å². The van der Waals surface area contributed by atoms with E-state index in [2.05, 4.69) is 15.2 Å². The van der Waals surface area contributed by atoms with Gasteiger partial charge in [-0.2, -0.15) is 0 Å². The van der Waals surface area contributed by atoms with Crippen molar-refractivity contribution in [3.63, 3.8) is 0 Å². The molecule has 4 rings (SSSR count). The van der Waals surface area contributed by atoms with Gasteiger partial charge in [0.1, 0.15) is 11.9 Å². The topological polar surface area (TPSA) is 85.8 Å². The van der Waals surface area contributed by atoms with E-state index in [1.54, 1.807) is 11.1 Å². The van der Waals surface area contributed by atoms with E-state index in [0.29, 0.717) is 26.2 Å². The fourth-order valence-electron chi connectivity index (χ4n) is 3.66. The minimum absolute atomic E-state index is 0.0144. The molecule has 0 radical (unpaired) electrons. The molecule has 0 bridgehead atoms. The Morgan fingerprint density at radius 3 is 2.41 bits per heavy atom. The van der Waals surface area contributed by atoms with Crippen LogP contribution in [0.2, 0.25) is 0 Å². The van der Waals surface area contributed by atoms with Crippen LogP contribution in [-0.4, -0.2) is 64.9 Å². The first-order chi connectivity index (χ1) is 14.1. The first-order valence-corrected chi connectivity index (χ1v) is 9.71. The van der Waals surface area contributed by atoms with Gasteiger partial charge in [-0.1, -0.05) is 36.4 Å². The summed E-state index contributed by atoms with van der Waals surface area (Å²) in [4.78, 5) is 46.9. The lowest BCUT2D eigenvalue weighted by Crippen LogP contribution is -2.50. The van der Waals surface area contributed by atoms with Gasteiger partial charge in [0.15, 0.2) is 0 Å². The number of benzene rings is 1. The average Bonchev–Trinajstić information content (AvgIpc) is 3.02. The molecule has 8 heteroatoms. The van der Waals surface area contributed by atoms with E-state index < -0.39 is 12.1 Å². The average molecular weight is 393 g/mol. The summed E-state index contributed by atoms with van der Waals surface area (Å²) in [6.45, 7) is 2.72. The molecule has 29 heavy (non-hydrogen) atoms. The number of nitrogens with one attached hydrogen (secondary N) is 1. The van der Waals surface area contributed by atoms with Gasteiger partial charge in [0.2, 0.25) is 5.91 Å². The summed E-state index contributed by atoms with van der Waals surface area (Å²) < 4.78 is 0. The zero-order chi connectivity index (χ0) is 20.2. The molecule has 150 valence electrons. The maximum absolute atomic E-state index is 12.7. The molecule has 1 atom stereocenters. The molecule has 1 aromatic heterocycles. The van der Waals surface area contributed by atoms with Gasteiger partial charge in [-0.05, 0) is 17.7 Å². The van der Waals surface area contributed by atoms with E-state index in [-0.39, 0.29) is 24.8 Å². The van der Waals surface area contributed by atoms with Gasteiger partial charge in [-0.3, -0.25) is 14.5 Å². The number of carbonyl (C=O) groups is 3. The number of urea groups is 1. The molecule has 1 unspecified atom stereocenters. The summed E-state index contributed by atoms with van der Waals surface area (Å²) in [5.74, 6) is 0.430. The van der Waals surface area contributed by atoms with Gasteiger partial charge >= 0.3 is 6.03 Å². The minimum Gasteiger partial charge on any atom is -0.353 e. The quantitative estimate of drug-likeness (QED) is 0.773. The van der Waals surface area contributed by atoms with Crippen LogP contribution in [0, 0.1) is 0 Å². The first-order valence-electron chi connectivity index (χ1n) is 9.71. The van der Waals surface area contributed by atoms with Crippen LogP contribution in [0.3, 0.4) is 0 Å². The predicted molar refractivity (Wildman–Crippen MR) is 107 cm³/mol. The van der Waals surface area contributed by atoms with E-state index in [1.807, 2.05) is 48.5 Å². The number of nitrogens with zero attached hydrogens (tertiary/aromatic N) is 4. The zero-order valence-electron chi connectivity index (χ0n) is 16.0. The monoisotopic (exact) mass is 393 g/mol. The summed E-state index contributed by atoms with van der Waals surface area (Å²) in [6, 6.07) is 13.8. The second-order valence-corrected chi connectivity index (χ2v) is 7.17. The standard InChI is InChI=1S/C21H23N5O3/c27-19(25-12-10-24(11-13-25)18-8-4-5-9-22-18)14-17-20(28)26(21(29)23-17)15-16-6-2-1-3-7-16/h1-9,17H,10-15H2,(H,23,29). The molecule has 8 nitrogen and oxygen atoms in total. The third-order valence-corrected chi connectivity index (χ3v) is 5.27. The van der Waals surface area contributed by atoms with Gasteiger partial charge in [0, 0.05) is 32.4 Å². The molecule has 2 saturated heterocycles. The van der Waals surface area contributed by atoms with Crippen LogP contribution in [-0.2, 0) is 16.1 Å². The number of carbonyl (C=O) groups excluding carboxylic acids is 3. The minimum atomic E-state index is -0.799. The number of imide groups is 1. The molecule has 2 fully saturated rings. The van der Waals surface area contributed by atoms with Crippen LogP contribution in [0.15, 0.2) is 54.7 Å². The Labute approximate surface area is 169 Å². The number of amides is 4. The smallest absolute Gasteiger partial charge is 0.325 e. The van der Waals surface area contributed by atoms with Crippen LogP contribution < -0.4 is 10.2 Å². The molecule has 1 N–H and O–H groups in total. The van der Waals surface area contributed by atoms with Gasteiger partial charge in [-0.25, -0.2) is 9.78 Å². The lowest BCUT2D eigenvalue weighted by Gasteiger charge is -2.35. The first kappa shape index (κ1) is 18.9. The summed E-state index contributed by atoms with van der Waals surface area (Å²) >= 11 is 0. The number of anilines is 1. The van der Waals surface area contributed by atoms with Crippen molar-refractivity contribution in [3.8, 4) is 0 Å². The fourth-order valence-corrected chi connectivity index (χ4v) is 3.66. The van der Waals surface area contributed by atoms with Crippen molar-refractivity contribution in [1.82, 2.24) is 20.1 Å². The van der Waals surface area contributed by atoms with Gasteiger partial charge < -0.3 is 15.1 Å². The molecular weight excluding hydrogens is 370 g/mol. The van der Waals surface area contributed by atoms with Crippen LogP contribution in [0.4, 0.5) is 10.6 Å². The lowest BCUT2D eigenvalue weighted by molar-refractivity contribution is -0.136. The Kier molecular flexibility index (Phi) is 5.41. The summed E-state index contributed by atoms with van der Waals surface area (Å²) in [6.07, 6.45) is 1.74. The largest absolute Gasteiger partial charge is 0.353 e. The summed E-state index contributed by atoms with van der Waals surface area (Å²) in [5, 5.41) is 2.65. The van der Waals surface area contributed by atoms with Crippen molar-refractivity contribution in [1.29, 1.82) is 0 Å². The van der Waals surface area contributed by atoms with Crippen LogP contribution >= 0.6 is 0 Å². The second-order valence-electron chi connectivity index (χ2n) is 7.17. The third-order valence-electron chi connectivity index (χ3n) is 5.27. The Bertz CT molecular complexity index is 882. The number of rotatable bonds is 5. The number of aromatic nitrogens is 1. The van der Waals surface area contributed by atoms with Crippen molar-refractivity contribution < 1.29 is 14.4 Å². The van der Waals surface area contributed by atoms with Gasteiger partial charge in [0.05, 0.1) is 13.0 Å². The fraction of sp³-hybridized carbons (Fsp3) is 0.333. The molecule has 2 aromatic rings. The second kappa shape index (κ2) is 8.30. The van der Waals surface area contributed by atoms with E-state index in [0.717, 1.165) is 11.4 Å². The normalized spacial score (nSPS) is 19.4. The van der Waals surface area contributed by atoms with E-state index >= 15 is 0 Å². The molecular formula is C21H23N5O3. The molecule has 0 spiro atoms. The Morgan fingerprint density at radius 2 is 1.72 bits per heavy atom. The molecule has 3 heterocycles. The SMILES string of the molecule is O=C(CC1NC(=O)N(Cc2ccccc2)C1=O)N1CCN(c2ccccn2)CC1. The number of hydrogen-bond donors (Lipinski definition) is 1. The van der Waals surface area contributed by atoms with Crippen molar-refractivity contribution in [2.45, 2.75) is 19.0 Å². The third kappa shape index (κ3) is 4.21. The number of piperazine rings is 1. The Hall–Kier alpha value is -3.42. The highest BCUT2D eigenvalue weighted by Gasteiger charge is 2.39. The van der Waals surface area contributed by atoms with Crippen LogP contribution in [0.25, 0.3) is 0 Å². The highest BCUT2D eigenvalue weighted by Crippen LogP contribution is 2.17. The van der Waals surface area contributed by atoms with Crippen molar-refractivity contribution in [2.24, 2.45) is 0 Å². The highest BCUT2D eigenvalue weighted by molar-refractivity contribution is 6.05. The highest BCUT2D eigenvalue weighted by atomic mass is 16.2. The maximum Gasteiger partial charge on any atom is 0.325 e. The van der Waals surface area contributed by atoms with Crippen molar-refractivity contribution in [2.75, 3.05) is 31.1 Å². The van der Waals surface area contributed by atoms with E-state index in [1.165, 1.54) is 4.90 Å². The summed E-state index contributed by atoms with van der Waals surface area (Å²) in [7, 11) is 0. The molecule has 2 aliphatic heterocycles. The van der Waals surface area contributed by atoms with Gasteiger partial charge in [-0.15, -0.1) is 0 Å². The number of pyridine rings is 1.